The number of ether oxygens (including phenoxy) is 2. The summed E-state index contributed by atoms with van der Waals surface area (Å²) in [6, 6.07) is 12.1. The average molecular weight is 401 g/mol. The molecule has 1 amide bonds. The minimum absolute atomic E-state index is 0.167. The number of aliphatic hydroxyl groups excluding tert-OH is 1. The lowest BCUT2D eigenvalue weighted by Crippen LogP contribution is -2.49. The first-order chi connectivity index (χ1) is 13.7. The highest BCUT2D eigenvalue weighted by atomic mass is 19.1. The highest BCUT2D eigenvalue weighted by molar-refractivity contribution is 5.70. The number of rotatable bonds is 3. The Morgan fingerprint density at radius 1 is 1.28 bits per heavy atom. The van der Waals surface area contributed by atoms with Gasteiger partial charge in [-0.3, -0.25) is 0 Å². The maximum Gasteiger partial charge on any atom is 0.410 e. The van der Waals surface area contributed by atoms with Crippen LogP contribution in [0.25, 0.3) is 11.1 Å². The molecule has 1 N–H and O–H groups in total. The smallest absolute Gasteiger partial charge is 0.410 e. The summed E-state index contributed by atoms with van der Waals surface area (Å²) in [6.07, 6.45) is -2.22. The van der Waals surface area contributed by atoms with Gasteiger partial charge in [-0.15, -0.1) is 0 Å². The monoisotopic (exact) mass is 401 g/mol. The molecule has 3 rings (SSSR count). The third kappa shape index (κ3) is 5.14. The fourth-order valence-electron chi connectivity index (χ4n) is 3.45. The van der Waals surface area contributed by atoms with Gasteiger partial charge in [0.1, 0.15) is 23.6 Å². The summed E-state index contributed by atoms with van der Waals surface area (Å²) in [5.74, 6) is -0.410. The van der Waals surface area contributed by atoms with Crippen LogP contribution in [0.4, 0.5) is 9.18 Å². The highest BCUT2D eigenvalue weighted by Crippen LogP contribution is 2.34. The molecule has 0 radical (unpaired) electrons. The first-order valence-electron chi connectivity index (χ1n) is 9.79. The standard InChI is InChI=1S/C23H28FNO4/c1-15-7-5-8-16(13-15)20-17(9-6-10-18(20)24)21(26)19-14-25(11-12-28-19)22(27)29-23(2,3)4/h5-10,13,19,21,26H,11-12,14H2,1-4H3. The summed E-state index contributed by atoms with van der Waals surface area (Å²) >= 11 is 0. The van der Waals surface area contributed by atoms with Crippen molar-refractivity contribution in [2.45, 2.75) is 45.5 Å². The Morgan fingerprint density at radius 2 is 2.00 bits per heavy atom. The average Bonchev–Trinajstić information content (AvgIpc) is 2.66. The Labute approximate surface area is 171 Å². The molecule has 0 saturated carbocycles. The maximum atomic E-state index is 14.7. The Morgan fingerprint density at radius 3 is 2.69 bits per heavy atom. The summed E-state index contributed by atoms with van der Waals surface area (Å²) < 4.78 is 25.9. The molecule has 0 aromatic heterocycles. The third-order valence-electron chi connectivity index (χ3n) is 4.77. The second-order valence-corrected chi connectivity index (χ2v) is 8.35. The van der Waals surface area contributed by atoms with Gasteiger partial charge >= 0.3 is 6.09 Å². The SMILES string of the molecule is Cc1cccc(-c2c(F)cccc2C(O)C2CN(C(=O)OC(C)(C)C)CCO2)c1. The molecule has 2 aromatic rings. The van der Waals surface area contributed by atoms with Crippen molar-refractivity contribution in [3.8, 4) is 11.1 Å². The van der Waals surface area contributed by atoms with Crippen molar-refractivity contribution in [2.75, 3.05) is 19.7 Å². The molecular weight excluding hydrogens is 373 g/mol. The summed E-state index contributed by atoms with van der Waals surface area (Å²) in [4.78, 5) is 13.9. The minimum Gasteiger partial charge on any atom is -0.444 e. The lowest BCUT2D eigenvalue weighted by atomic mass is 9.92. The van der Waals surface area contributed by atoms with Gasteiger partial charge in [0.15, 0.2) is 0 Å². The zero-order valence-corrected chi connectivity index (χ0v) is 17.3. The van der Waals surface area contributed by atoms with E-state index in [4.69, 9.17) is 9.47 Å². The van der Waals surface area contributed by atoms with Gasteiger partial charge < -0.3 is 19.5 Å². The van der Waals surface area contributed by atoms with Crippen LogP contribution in [0.15, 0.2) is 42.5 Å². The van der Waals surface area contributed by atoms with Gasteiger partial charge in [0.25, 0.3) is 0 Å². The van der Waals surface area contributed by atoms with E-state index in [-0.39, 0.29) is 13.2 Å². The number of halogens is 1. The second kappa shape index (κ2) is 8.51. The topological polar surface area (TPSA) is 59.0 Å². The zero-order chi connectivity index (χ0) is 21.2. The van der Waals surface area contributed by atoms with E-state index >= 15 is 0 Å². The number of benzene rings is 2. The molecule has 6 heteroatoms. The van der Waals surface area contributed by atoms with Crippen molar-refractivity contribution < 1.29 is 23.8 Å². The number of hydrogen-bond donors (Lipinski definition) is 1. The number of amides is 1. The van der Waals surface area contributed by atoms with Gasteiger partial charge in [-0.25, -0.2) is 9.18 Å². The fraction of sp³-hybridized carbons (Fsp3) is 0.435. The molecule has 156 valence electrons. The normalized spacial score (nSPS) is 18.4. The van der Waals surface area contributed by atoms with E-state index in [1.165, 1.54) is 11.0 Å². The number of morpholine rings is 1. The summed E-state index contributed by atoms with van der Waals surface area (Å²) in [5, 5.41) is 11.0. The molecule has 1 aliphatic heterocycles. The molecule has 1 heterocycles. The first kappa shape index (κ1) is 21.3. The number of hydrogen-bond acceptors (Lipinski definition) is 4. The van der Waals surface area contributed by atoms with Crippen LogP contribution in [0.3, 0.4) is 0 Å². The molecule has 2 aromatic carbocycles. The zero-order valence-electron chi connectivity index (χ0n) is 17.3. The third-order valence-corrected chi connectivity index (χ3v) is 4.77. The lowest BCUT2D eigenvalue weighted by Gasteiger charge is -2.36. The van der Waals surface area contributed by atoms with E-state index in [0.717, 1.165) is 5.56 Å². The Hall–Kier alpha value is -2.44. The molecule has 1 fully saturated rings. The predicted molar refractivity (Wildman–Crippen MR) is 109 cm³/mol. The Balaban J connectivity index is 1.86. The van der Waals surface area contributed by atoms with E-state index in [1.807, 2.05) is 31.2 Å². The molecule has 29 heavy (non-hydrogen) atoms. The van der Waals surface area contributed by atoms with Crippen LogP contribution in [-0.2, 0) is 9.47 Å². The largest absolute Gasteiger partial charge is 0.444 e. The molecule has 1 saturated heterocycles. The van der Waals surface area contributed by atoms with Crippen LogP contribution >= 0.6 is 0 Å². The van der Waals surface area contributed by atoms with Crippen molar-refractivity contribution in [2.24, 2.45) is 0 Å². The van der Waals surface area contributed by atoms with Crippen molar-refractivity contribution in [1.29, 1.82) is 0 Å². The minimum atomic E-state index is -1.09. The van der Waals surface area contributed by atoms with Crippen molar-refractivity contribution in [3.63, 3.8) is 0 Å². The summed E-state index contributed by atoms with van der Waals surface area (Å²) in [5.41, 5.74) is 1.87. The Bertz CT molecular complexity index is 877. The molecule has 2 atom stereocenters. The Kier molecular flexibility index (Phi) is 6.24. The van der Waals surface area contributed by atoms with Crippen LogP contribution < -0.4 is 0 Å². The van der Waals surface area contributed by atoms with Crippen molar-refractivity contribution in [3.05, 3.63) is 59.4 Å². The van der Waals surface area contributed by atoms with Gasteiger partial charge in [0.05, 0.1) is 13.2 Å². The van der Waals surface area contributed by atoms with Gasteiger partial charge in [-0.1, -0.05) is 42.0 Å². The van der Waals surface area contributed by atoms with Crippen molar-refractivity contribution in [1.82, 2.24) is 4.90 Å². The quantitative estimate of drug-likeness (QED) is 0.824. The number of carbonyl (C=O) groups is 1. The number of nitrogens with zero attached hydrogens (tertiary/aromatic N) is 1. The molecule has 0 bridgehead atoms. The van der Waals surface area contributed by atoms with E-state index in [0.29, 0.717) is 23.2 Å². The van der Waals surface area contributed by atoms with Crippen LogP contribution in [-0.4, -0.2) is 47.5 Å². The highest BCUT2D eigenvalue weighted by Gasteiger charge is 2.33. The first-order valence-corrected chi connectivity index (χ1v) is 9.79. The van der Waals surface area contributed by atoms with Crippen LogP contribution in [0, 0.1) is 12.7 Å². The molecule has 5 nitrogen and oxygen atoms in total. The summed E-state index contributed by atoms with van der Waals surface area (Å²) in [6.45, 7) is 8.17. The van der Waals surface area contributed by atoms with E-state index in [1.54, 1.807) is 32.9 Å². The van der Waals surface area contributed by atoms with Gasteiger partial charge in [-0.05, 0) is 44.9 Å². The fourth-order valence-corrected chi connectivity index (χ4v) is 3.45. The van der Waals surface area contributed by atoms with Crippen molar-refractivity contribution >= 4 is 6.09 Å². The van der Waals surface area contributed by atoms with E-state index in [9.17, 15) is 14.3 Å². The molecule has 1 aliphatic rings. The van der Waals surface area contributed by atoms with Crippen LogP contribution in [0.5, 0.6) is 0 Å². The molecule has 2 unspecified atom stereocenters. The number of carbonyl (C=O) groups excluding carboxylic acids is 1. The van der Waals surface area contributed by atoms with E-state index < -0.39 is 29.7 Å². The lowest BCUT2D eigenvalue weighted by molar-refractivity contribution is -0.0907. The molecule has 0 spiro atoms. The van der Waals surface area contributed by atoms with Gasteiger partial charge in [0.2, 0.25) is 0 Å². The van der Waals surface area contributed by atoms with Crippen LogP contribution in [0.2, 0.25) is 0 Å². The van der Waals surface area contributed by atoms with Gasteiger partial charge in [-0.2, -0.15) is 0 Å². The van der Waals surface area contributed by atoms with Crippen LogP contribution in [0.1, 0.15) is 38.0 Å². The predicted octanol–water partition coefficient (Wildman–Crippen LogP) is 4.47. The summed E-state index contributed by atoms with van der Waals surface area (Å²) in [7, 11) is 0. The van der Waals surface area contributed by atoms with E-state index in [2.05, 4.69) is 0 Å². The van der Waals surface area contributed by atoms with Gasteiger partial charge in [0, 0.05) is 12.1 Å². The number of aliphatic hydroxyl groups is 1. The molecular formula is C23H28FNO4. The number of aryl methyl sites for hydroxylation is 1. The maximum absolute atomic E-state index is 14.7. The second-order valence-electron chi connectivity index (χ2n) is 8.35. The molecule has 0 aliphatic carbocycles.